The molecule has 0 radical (unpaired) electrons. The van der Waals surface area contributed by atoms with Gasteiger partial charge in [-0.25, -0.2) is 9.29 Å². The highest BCUT2D eigenvalue weighted by molar-refractivity contribution is 7.90. The molecule has 0 unspecified atom stereocenters. The van der Waals surface area contributed by atoms with Crippen molar-refractivity contribution in [1.29, 1.82) is 0 Å². The third kappa shape index (κ3) is 2.04. The molecule has 0 bridgehead atoms. The van der Waals surface area contributed by atoms with Crippen molar-refractivity contribution < 1.29 is 8.42 Å². The maximum absolute atomic E-state index is 12.3. The number of anilines is 1. The Hall–Kier alpha value is -1.37. The second-order valence-electron chi connectivity index (χ2n) is 4.92. The molecule has 20 heavy (non-hydrogen) atoms. The number of benzene rings is 1. The predicted molar refractivity (Wildman–Crippen MR) is 80.4 cm³/mol. The van der Waals surface area contributed by atoms with Crippen molar-refractivity contribution in [3.8, 4) is 0 Å². The summed E-state index contributed by atoms with van der Waals surface area (Å²) in [4.78, 5) is 4.49. The van der Waals surface area contributed by atoms with Crippen molar-refractivity contribution in [3.63, 3.8) is 0 Å². The molecular formula is C13H14ClN3O2S. The van der Waals surface area contributed by atoms with Crippen molar-refractivity contribution in [2.45, 2.75) is 6.42 Å². The summed E-state index contributed by atoms with van der Waals surface area (Å²) in [6.07, 6.45) is 0.665. The minimum atomic E-state index is -3.49. The van der Waals surface area contributed by atoms with Gasteiger partial charge >= 0.3 is 10.2 Å². The first-order chi connectivity index (χ1) is 9.39. The van der Waals surface area contributed by atoms with Crippen LogP contribution in [0.3, 0.4) is 0 Å². The lowest BCUT2D eigenvalue weighted by Gasteiger charge is -2.22. The standard InChI is InChI=1S/C13H14ClN3O2S/c1-16(2)20(18,19)17-6-5-9-7-10-8-11(14)3-4-12(10)15-13(9)17/h3-4,7-8H,5-6H2,1-2H3. The smallest absolute Gasteiger partial charge is 0.240 e. The van der Waals surface area contributed by atoms with E-state index >= 15 is 0 Å². The van der Waals surface area contributed by atoms with Crippen LogP contribution in [-0.4, -0.2) is 38.3 Å². The van der Waals surface area contributed by atoms with Crippen LogP contribution in [0, 0.1) is 0 Å². The lowest BCUT2D eigenvalue weighted by molar-refractivity contribution is 0.516. The molecule has 1 aliphatic heterocycles. The van der Waals surface area contributed by atoms with Gasteiger partial charge in [0.1, 0.15) is 5.82 Å². The van der Waals surface area contributed by atoms with Crippen LogP contribution >= 0.6 is 11.6 Å². The topological polar surface area (TPSA) is 53.5 Å². The monoisotopic (exact) mass is 311 g/mol. The average Bonchev–Trinajstić information content (AvgIpc) is 2.79. The summed E-state index contributed by atoms with van der Waals surface area (Å²) in [7, 11) is -0.445. The van der Waals surface area contributed by atoms with Crippen LogP contribution in [-0.2, 0) is 16.6 Å². The molecule has 0 saturated carbocycles. The number of aromatic nitrogens is 1. The van der Waals surface area contributed by atoms with Crippen molar-refractivity contribution in [2.24, 2.45) is 0 Å². The normalized spacial score (nSPS) is 15.1. The van der Waals surface area contributed by atoms with E-state index in [1.165, 1.54) is 22.7 Å². The van der Waals surface area contributed by atoms with E-state index in [1.807, 2.05) is 12.1 Å². The third-order valence-corrected chi connectivity index (χ3v) is 5.46. The van der Waals surface area contributed by atoms with E-state index in [2.05, 4.69) is 4.98 Å². The number of hydrogen-bond donors (Lipinski definition) is 0. The van der Waals surface area contributed by atoms with Crippen LogP contribution in [0.2, 0.25) is 5.02 Å². The number of rotatable bonds is 2. The Morgan fingerprint density at radius 2 is 2.05 bits per heavy atom. The molecule has 2 aromatic rings. The van der Waals surface area contributed by atoms with E-state index < -0.39 is 10.2 Å². The van der Waals surface area contributed by atoms with Crippen LogP contribution in [0.25, 0.3) is 10.9 Å². The van der Waals surface area contributed by atoms with Gasteiger partial charge in [0.05, 0.1) is 5.52 Å². The zero-order chi connectivity index (χ0) is 14.5. The van der Waals surface area contributed by atoms with Gasteiger partial charge in [0.15, 0.2) is 0 Å². The number of hydrogen-bond acceptors (Lipinski definition) is 3. The Morgan fingerprint density at radius 1 is 1.30 bits per heavy atom. The van der Waals surface area contributed by atoms with Gasteiger partial charge in [-0.1, -0.05) is 11.6 Å². The largest absolute Gasteiger partial charge is 0.304 e. The summed E-state index contributed by atoms with van der Waals surface area (Å²) in [5.74, 6) is 0.522. The molecule has 0 N–H and O–H groups in total. The van der Waals surface area contributed by atoms with Gasteiger partial charge < -0.3 is 0 Å². The van der Waals surface area contributed by atoms with E-state index in [0.717, 1.165) is 16.5 Å². The van der Waals surface area contributed by atoms with Gasteiger partial charge in [-0.15, -0.1) is 0 Å². The molecule has 0 aliphatic carbocycles. The number of fused-ring (bicyclic) bond motifs is 2. The fraction of sp³-hybridized carbons (Fsp3) is 0.308. The zero-order valence-electron chi connectivity index (χ0n) is 11.2. The summed E-state index contributed by atoms with van der Waals surface area (Å²) < 4.78 is 27.1. The van der Waals surface area contributed by atoms with E-state index in [9.17, 15) is 8.42 Å². The predicted octanol–water partition coefficient (Wildman–Crippen LogP) is 2.06. The van der Waals surface area contributed by atoms with E-state index in [1.54, 1.807) is 12.1 Å². The van der Waals surface area contributed by atoms with Gasteiger partial charge in [0, 0.05) is 31.0 Å². The molecule has 0 fully saturated rings. The molecule has 0 spiro atoms. The Balaban J connectivity index is 2.17. The minimum Gasteiger partial charge on any atom is -0.240 e. The second kappa shape index (κ2) is 4.58. The van der Waals surface area contributed by atoms with Gasteiger partial charge in [0.25, 0.3) is 0 Å². The lowest BCUT2D eigenvalue weighted by Crippen LogP contribution is -2.39. The van der Waals surface area contributed by atoms with Gasteiger partial charge in [-0.2, -0.15) is 12.7 Å². The second-order valence-corrected chi connectivity index (χ2v) is 7.42. The highest BCUT2D eigenvalue weighted by Crippen LogP contribution is 2.32. The van der Waals surface area contributed by atoms with Crippen molar-refractivity contribution >= 4 is 38.5 Å². The fourth-order valence-corrected chi connectivity index (χ4v) is 3.60. The summed E-state index contributed by atoms with van der Waals surface area (Å²) in [6.45, 7) is 0.424. The first-order valence-electron chi connectivity index (χ1n) is 6.19. The van der Waals surface area contributed by atoms with Gasteiger partial charge in [-0.3, -0.25) is 0 Å². The van der Waals surface area contributed by atoms with E-state index in [-0.39, 0.29) is 0 Å². The van der Waals surface area contributed by atoms with Crippen molar-refractivity contribution in [3.05, 3.63) is 34.9 Å². The maximum Gasteiger partial charge on any atom is 0.304 e. The summed E-state index contributed by atoms with van der Waals surface area (Å²) in [5, 5.41) is 1.58. The molecule has 7 heteroatoms. The van der Waals surface area contributed by atoms with Crippen LogP contribution in [0.1, 0.15) is 5.56 Å². The molecule has 5 nitrogen and oxygen atoms in total. The highest BCUT2D eigenvalue weighted by atomic mass is 35.5. The van der Waals surface area contributed by atoms with Gasteiger partial charge in [-0.05, 0) is 36.2 Å². The average molecular weight is 312 g/mol. The van der Waals surface area contributed by atoms with Crippen LogP contribution in [0.5, 0.6) is 0 Å². The number of nitrogens with zero attached hydrogens (tertiary/aromatic N) is 3. The number of halogens is 1. The molecule has 0 amide bonds. The van der Waals surface area contributed by atoms with E-state index in [4.69, 9.17) is 11.6 Å². The first kappa shape index (κ1) is 13.6. The summed E-state index contributed by atoms with van der Waals surface area (Å²) in [6, 6.07) is 7.36. The molecule has 1 aromatic carbocycles. The van der Waals surface area contributed by atoms with Crippen molar-refractivity contribution in [1.82, 2.24) is 9.29 Å². The number of pyridine rings is 1. The molecule has 1 aliphatic rings. The molecule has 3 rings (SSSR count). The lowest BCUT2D eigenvalue weighted by atomic mass is 10.1. The van der Waals surface area contributed by atoms with Crippen LogP contribution in [0.15, 0.2) is 24.3 Å². The molecule has 0 atom stereocenters. The zero-order valence-corrected chi connectivity index (χ0v) is 12.7. The summed E-state index contributed by atoms with van der Waals surface area (Å²) >= 11 is 5.97. The van der Waals surface area contributed by atoms with Gasteiger partial charge in [0.2, 0.25) is 0 Å². The van der Waals surface area contributed by atoms with E-state index in [0.29, 0.717) is 23.8 Å². The molecule has 0 saturated heterocycles. The maximum atomic E-state index is 12.3. The Labute approximate surface area is 123 Å². The molecule has 1 aromatic heterocycles. The van der Waals surface area contributed by atoms with Crippen molar-refractivity contribution in [2.75, 3.05) is 24.9 Å². The molecule has 2 heterocycles. The molecular weight excluding hydrogens is 298 g/mol. The highest BCUT2D eigenvalue weighted by Gasteiger charge is 2.32. The third-order valence-electron chi connectivity index (χ3n) is 3.39. The quantitative estimate of drug-likeness (QED) is 0.853. The Bertz CT molecular complexity index is 790. The first-order valence-corrected chi connectivity index (χ1v) is 7.96. The Morgan fingerprint density at radius 3 is 2.75 bits per heavy atom. The van der Waals surface area contributed by atoms with Crippen LogP contribution < -0.4 is 4.31 Å². The summed E-state index contributed by atoms with van der Waals surface area (Å²) in [5.41, 5.74) is 1.68. The SMILES string of the molecule is CN(C)S(=O)(=O)N1CCc2cc3cc(Cl)ccc3nc21. The Kier molecular flexibility index (Phi) is 3.12. The van der Waals surface area contributed by atoms with Crippen LogP contribution in [0.4, 0.5) is 5.82 Å². The molecule has 106 valence electrons. The minimum absolute atomic E-state index is 0.424. The fourth-order valence-electron chi connectivity index (χ4n) is 2.33.